The topological polar surface area (TPSA) is 176 Å². The molecule has 352 valence electrons. The van der Waals surface area contributed by atoms with Gasteiger partial charge >= 0.3 is 30.1 Å². The van der Waals surface area contributed by atoms with E-state index in [0.717, 1.165) is 0 Å². The van der Waals surface area contributed by atoms with Crippen molar-refractivity contribution in [3.8, 4) is 23.0 Å². The minimum Gasteiger partial charge on any atom is -0.494 e. The van der Waals surface area contributed by atoms with Gasteiger partial charge in [-0.05, 0) is 127 Å². The summed E-state index contributed by atoms with van der Waals surface area (Å²) in [7, 11) is 1.49. The Morgan fingerprint density at radius 3 is 1.39 bits per heavy atom. The molecule has 18 heteroatoms. The molecule has 0 aliphatic heterocycles. The van der Waals surface area contributed by atoms with E-state index in [1.807, 2.05) is 0 Å². The molecule has 0 saturated heterocycles. The van der Waals surface area contributed by atoms with Crippen molar-refractivity contribution in [1.82, 2.24) is 0 Å². The molecule has 0 aliphatic rings. The first-order chi connectivity index (χ1) is 31.9. The Labute approximate surface area is 384 Å². The largest absolute Gasteiger partial charge is 0.494 e. The van der Waals surface area contributed by atoms with Crippen LogP contribution in [0.2, 0.25) is 0 Å². The van der Waals surface area contributed by atoms with Crippen LogP contribution in [0.5, 0.6) is 23.0 Å². The molecule has 4 N–H and O–H groups in total. The summed E-state index contributed by atoms with van der Waals surface area (Å²) in [6.07, 6.45) is -0.214. The Morgan fingerprint density at radius 1 is 0.567 bits per heavy atom. The van der Waals surface area contributed by atoms with E-state index in [-0.39, 0.29) is 68.3 Å². The van der Waals surface area contributed by atoms with Crippen LogP contribution in [0.25, 0.3) is 12.2 Å². The predicted molar refractivity (Wildman–Crippen MR) is 244 cm³/mol. The summed E-state index contributed by atoms with van der Waals surface area (Å²) in [5.41, 5.74) is 12.1. The van der Waals surface area contributed by atoms with E-state index in [9.17, 15) is 41.1 Å². The van der Waals surface area contributed by atoms with Crippen molar-refractivity contribution in [2.45, 2.75) is 43.4 Å². The minimum atomic E-state index is -4.26. The second kappa shape index (κ2) is 24.3. The van der Waals surface area contributed by atoms with Crippen LogP contribution in [-0.4, -0.2) is 62.1 Å². The van der Waals surface area contributed by atoms with Gasteiger partial charge in [-0.3, -0.25) is 0 Å². The maximum absolute atomic E-state index is 12.9. The van der Waals surface area contributed by atoms with Gasteiger partial charge in [0.1, 0.15) is 36.2 Å². The summed E-state index contributed by atoms with van der Waals surface area (Å²) in [5.74, 6) is -2.19. The molecular weight excluding hydrogens is 903 g/mol. The first-order valence-electron chi connectivity index (χ1n) is 20.6. The van der Waals surface area contributed by atoms with Gasteiger partial charge in [0.25, 0.3) is 5.66 Å². The highest BCUT2D eigenvalue weighted by atomic mass is 31.0. The summed E-state index contributed by atoms with van der Waals surface area (Å²) in [6, 6.07) is 29.2. The number of hydrogen-bond acceptors (Lipinski definition) is 12. The van der Waals surface area contributed by atoms with E-state index in [2.05, 4.69) is 0 Å². The average molecular weight is 949 g/mol. The number of carbonyl (C=O) groups excluding carboxylic acids is 4. The number of nitrogens with two attached hydrogens (primary N) is 2. The smallest absolute Gasteiger partial charge is 0.389 e. The van der Waals surface area contributed by atoms with Crippen molar-refractivity contribution in [1.29, 1.82) is 0 Å². The van der Waals surface area contributed by atoms with Gasteiger partial charge in [-0.2, -0.15) is 13.2 Å². The SMILES string of the molecule is Nc1ccc(C(COC(=O)/C=C/c2ccc(OC(=O)c3ccc(OCCCC(F)(F)F)cc3)cc2)COC(=O)/C=C/c2ccc(OC(=O)c3ccc(OCCCC(F)(F)P)cc3)cc2)c(N)c1. The molecule has 5 aromatic carbocycles. The number of esters is 4. The molecule has 0 heterocycles. The fraction of sp³-hybridized carbons (Fsp3) is 0.224. The maximum Gasteiger partial charge on any atom is 0.389 e. The highest BCUT2D eigenvalue weighted by molar-refractivity contribution is 7.18. The Kier molecular flexibility index (Phi) is 18.4. The zero-order valence-corrected chi connectivity index (χ0v) is 36.9. The van der Waals surface area contributed by atoms with Crippen LogP contribution in [0.15, 0.2) is 127 Å². The second-order valence-corrected chi connectivity index (χ2v) is 15.6. The molecule has 0 saturated carbocycles. The lowest BCUT2D eigenvalue weighted by Gasteiger charge is -2.19. The van der Waals surface area contributed by atoms with Crippen LogP contribution >= 0.6 is 9.24 Å². The molecular formula is C49H46F5N2O10P. The lowest BCUT2D eigenvalue weighted by Crippen LogP contribution is -2.19. The Bertz CT molecular complexity index is 2340. The molecule has 2 unspecified atom stereocenters. The Balaban J connectivity index is 1.07. The molecule has 0 amide bonds. The molecule has 0 aromatic heterocycles. The van der Waals surface area contributed by atoms with E-state index in [1.54, 1.807) is 60.7 Å². The van der Waals surface area contributed by atoms with E-state index in [1.165, 1.54) is 88.1 Å². The molecule has 0 radical (unpaired) electrons. The normalized spacial score (nSPS) is 12.1. The van der Waals surface area contributed by atoms with Gasteiger partial charge in [-0.15, -0.1) is 0 Å². The summed E-state index contributed by atoms with van der Waals surface area (Å²) < 4.78 is 95.4. The number of ether oxygens (including phenoxy) is 6. The van der Waals surface area contributed by atoms with Crippen LogP contribution in [0.1, 0.15) is 69.0 Å². The number of hydrogen-bond donors (Lipinski definition) is 2. The molecule has 67 heavy (non-hydrogen) atoms. The molecule has 0 spiro atoms. The number of benzene rings is 5. The quantitative estimate of drug-likeness (QED) is 0.0128. The number of halogens is 5. The molecule has 2 atom stereocenters. The summed E-state index contributed by atoms with van der Waals surface area (Å²) in [4.78, 5) is 50.8. The van der Waals surface area contributed by atoms with Gasteiger partial charge in [-0.1, -0.05) is 39.6 Å². The lowest BCUT2D eigenvalue weighted by atomic mass is 9.98. The lowest BCUT2D eigenvalue weighted by molar-refractivity contribution is -0.141. The van der Waals surface area contributed by atoms with Crippen LogP contribution < -0.4 is 30.4 Å². The fourth-order valence-corrected chi connectivity index (χ4v) is 6.15. The van der Waals surface area contributed by atoms with Gasteiger partial charge in [0, 0.05) is 36.4 Å². The number of anilines is 2. The van der Waals surface area contributed by atoms with Gasteiger partial charge in [0.15, 0.2) is 0 Å². The summed E-state index contributed by atoms with van der Waals surface area (Å²) in [5, 5.41) is 0. The fourth-order valence-electron chi connectivity index (χ4n) is 5.94. The van der Waals surface area contributed by atoms with Gasteiger partial charge in [0.2, 0.25) is 0 Å². The third-order valence-electron chi connectivity index (χ3n) is 9.39. The third-order valence-corrected chi connectivity index (χ3v) is 9.67. The molecule has 0 fully saturated rings. The third kappa shape index (κ3) is 18.3. The predicted octanol–water partition coefficient (Wildman–Crippen LogP) is 10.2. The van der Waals surface area contributed by atoms with Crippen molar-refractivity contribution in [2.24, 2.45) is 0 Å². The van der Waals surface area contributed by atoms with Crippen molar-refractivity contribution >= 4 is 56.6 Å². The minimum absolute atomic E-state index is 0.0965. The molecule has 0 aliphatic carbocycles. The molecule has 12 nitrogen and oxygen atoms in total. The monoisotopic (exact) mass is 948 g/mol. The number of nitrogen functional groups attached to an aromatic ring is 2. The zero-order chi connectivity index (χ0) is 48.4. The van der Waals surface area contributed by atoms with Crippen LogP contribution in [0.3, 0.4) is 0 Å². The molecule has 5 rings (SSSR count). The van der Waals surface area contributed by atoms with E-state index >= 15 is 0 Å². The highest BCUT2D eigenvalue weighted by Gasteiger charge is 2.26. The van der Waals surface area contributed by atoms with Crippen LogP contribution in [0.4, 0.5) is 33.3 Å². The number of alkyl halides is 5. The summed E-state index contributed by atoms with van der Waals surface area (Å²) >= 11 is 0. The van der Waals surface area contributed by atoms with Gasteiger partial charge in [-0.25, -0.2) is 28.0 Å². The maximum atomic E-state index is 12.9. The van der Waals surface area contributed by atoms with Crippen molar-refractivity contribution in [2.75, 3.05) is 37.9 Å². The standard InChI is InChI=1S/C49H46F5N2O10P/c50-48(51,52)25-1-27-61-38-18-9-34(10-19-38)46(59)65-40-14-3-32(4-15-40)7-23-44(57)63-30-36(42-22-13-37(55)29-43(42)56)31-64-45(58)24-8-33-5-16-41(17-6-33)66-47(60)35-11-20-39(21-12-35)62-28-2-26-49(53,54)67/h3-24,29,36H,1-2,25-28,30-31,55-56,67H2/b23-7+,24-8+. The summed E-state index contributed by atoms with van der Waals surface area (Å²) in [6.45, 7) is -0.455. The zero-order valence-electron chi connectivity index (χ0n) is 35.7. The first-order valence-corrected chi connectivity index (χ1v) is 21.1. The van der Waals surface area contributed by atoms with Crippen molar-refractivity contribution in [3.05, 3.63) is 155 Å². The van der Waals surface area contributed by atoms with Gasteiger partial charge in [0.05, 0.1) is 30.3 Å². The van der Waals surface area contributed by atoms with Crippen molar-refractivity contribution in [3.63, 3.8) is 0 Å². The van der Waals surface area contributed by atoms with Gasteiger partial charge < -0.3 is 39.9 Å². The number of carbonyl (C=O) groups is 4. The van der Waals surface area contributed by atoms with E-state index in [0.29, 0.717) is 39.6 Å². The molecule has 0 bridgehead atoms. The van der Waals surface area contributed by atoms with Crippen molar-refractivity contribution < 1.29 is 69.6 Å². The Hall–Kier alpha value is -7.26. The second-order valence-electron chi connectivity index (χ2n) is 14.8. The Morgan fingerprint density at radius 2 is 0.985 bits per heavy atom. The van der Waals surface area contributed by atoms with E-state index < -0.39 is 48.1 Å². The van der Waals surface area contributed by atoms with E-state index in [4.69, 9.17) is 39.9 Å². The number of rotatable bonds is 22. The first kappa shape index (κ1) is 50.7. The van der Waals surface area contributed by atoms with Crippen LogP contribution in [0, 0.1) is 0 Å². The molecule has 5 aromatic rings. The van der Waals surface area contributed by atoms with Crippen LogP contribution in [-0.2, 0) is 19.1 Å². The highest BCUT2D eigenvalue weighted by Crippen LogP contribution is 2.29. The average Bonchev–Trinajstić information content (AvgIpc) is 3.29.